The van der Waals surface area contributed by atoms with Gasteiger partial charge in [-0.2, -0.15) is 0 Å². The van der Waals surface area contributed by atoms with Gasteiger partial charge in [0.25, 0.3) is 0 Å². The quantitative estimate of drug-likeness (QED) is 0.0199. The highest BCUT2D eigenvalue weighted by molar-refractivity contribution is 5.76. The second kappa shape index (κ2) is 67.0. The second-order valence-corrected chi connectivity index (χ2v) is 29.9. The molecule has 107 heavy (non-hydrogen) atoms. The lowest BCUT2D eigenvalue weighted by molar-refractivity contribution is -0.379. The lowest BCUT2D eigenvalue weighted by atomic mass is 9.96. The Morgan fingerprint density at radius 2 is 0.654 bits per heavy atom. The van der Waals surface area contributed by atoms with E-state index in [1.165, 1.54) is 193 Å². The van der Waals surface area contributed by atoms with Crippen molar-refractivity contribution in [3.8, 4) is 0 Å². The summed E-state index contributed by atoms with van der Waals surface area (Å²) in [4.78, 5) is 13.5. The molecule has 17 atom stereocenters. The normalized spacial score (nSPS) is 26.1. The van der Waals surface area contributed by atoms with Gasteiger partial charge in [0.15, 0.2) is 18.9 Å². The van der Waals surface area contributed by atoms with Crippen LogP contribution in [0.15, 0.2) is 109 Å². The van der Waals surface area contributed by atoms with E-state index in [9.17, 15) is 61.0 Å². The van der Waals surface area contributed by atoms with E-state index in [1.54, 1.807) is 6.08 Å². The summed E-state index contributed by atoms with van der Waals surface area (Å²) in [5.41, 5.74) is 0. The highest BCUT2D eigenvalue weighted by Crippen LogP contribution is 2.33. The summed E-state index contributed by atoms with van der Waals surface area (Å²) in [5.74, 6) is -0.289. The zero-order valence-electron chi connectivity index (χ0n) is 66.3. The first-order valence-corrected chi connectivity index (χ1v) is 42.6. The van der Waals surface area contributed by atoms with Gasteiger partial charge in [0.2, 0.25) is 5.91 Å². The topological polar surface area (TPSA) is 307 Å². The highest BCUT2D eigenvalue weighted by atomic mass is 16.8. The minimum atomic E-state index is -1.99. The Morgan fingerprint density at radius 1 is 0.346 bits per heavy atom. The van der Waals surface area contributed by atoms with E-state index in [4.69, 9.17) is 28.4 Å². The number of nitrogens with one attached hydrogen (secondary N) is 1. The minimum absolute atomic E-state index is 0.229. The van der Waals surface area contributed by atoms with Crippen molar-refractivity contribution in [2.75, 3.05) is 26.4 Å². The van der Waals surface area contributed by atoms with Crippen LogP contribution in [0.1, 0.15) is 309 Å². The molecule has 19 nitrogen and oxygen atoms in total. The number of hydrogen-bond acceptors (Lipinski definition) is 18. The Morgan fingerprint density at radius 3 is 1.05 bits per heavy atom. The summed E-state index contributed by atoms with van der Waals surface area (Å²) in [7, 11) is 0. The lowest BCUT2D eigenvalue weighted by Crippen LogP contribution is -2.66. The van der Waals surface area contributed by atoms with Crippen LogP contribution >= 0.6 is 0 Å². The Bertz CT molecular complexity index is 2360. The standard InChI is InChI=1S/C88H153NO18/c1-3-5-7-9-11-13-15-17-19-21-23-25-27-29-30-31-32-33-34-35-36-37-38-39-40-42-44-46-48-50-52-54-56-58-60-62-64-66-76(94)89-71(72(93)65-63-61-59-57-55-53-51-49-47-45-43-41-28-26-24-22-20-18-16-14-12-10-8-6-4-2)70-102-86-82(100)79(97)84(74(68-91)104-86)107-88-83(101)80(98)85(75(69-92)105-88)106-87-81(99)78(96)77(95)73(67-90)103-87/h5,7,11,13,17,19,23,25,29-30,32-33,47,49,55,57,63,65,71-75,77-88,90-93,95-101H,3-4,6,8-10,12,14-16,18,20-22,24,26-28,31,34-46,48,50-54,56,58-62,64,66-70H2,1-2H3,(H,89,94)/b7-5-,13-11-,19-17-,25-23-,30-29-,33-32-,49-47+,57-55+,65-63+. The fraction of sp³-hybridized carbons (Fsp3) is 0.784. The molecule has 3 aliphatic rings. The number of carbonyl (C=O) groups is 1. The number of amides is 1. The molecular formula is C88H153NO18. The van der Waals surface area contributed by atoms with Crippen molar-refractivity contribution in [1.29, 1.82) is 0 Å². The molecule has 12 N–H and O–H groups in total. The summed E-state index contributed by atoms with van der Waals surface area (Å²) in [6.45, 7) is 1.62. The molecule has 0 saturated carbocycles. The molecule has 618 valence electrons. The third kappa shape index (κ3) is 46.3. The Kier molecular flexibility index (Phi) is 61.1. The van der Waals surface area contributed by atoms with E-state index in [1.807, 2.05) is 6.08 Å². The first-order valence-electron chi connectivity index (χ1n) is 42.6. The monoisotopic (exact) mass is 1510 g/mol. The molecule has 3 rings (SSSR count). The van der Waals surface area contributed by atoms with E-state index in [2.05, 4.69) is 116 Å². The first kappa shape index (κ1) is 97.6. The number of hydrogen-bond donors (Lipinski definition) is 12. The summed E-state index contributed by atoms with van der Waals surface area (Å²) < 4.78 is 34.5. The van der Waals surface area contributed by atoms with Gasteiger partial charge in [-0.3, -0.25) is 4.79 Å². The van der Waals surface area contributed by atoms with Gasteiger partial charge >= 0.3 is 0 Å². The predicted molar refractivity (Wildman–Crippen MR) is 429 cm³/mol. The average Bonchev–Trinajstić information content (AvgIpc) is 0.781. The molecule has 1 amide bonds. The van der Waals surface area contributed by atoms with Crippen molar-refractivity contribution in [1.82, 2.24) is 5.32 Å². The number of aliphatic hydroxyl groups excluding tert-OH is 11. The number of unbranched alkanes of at least 4 members (excludes halogenated alkanes) is 35. The van der Waals surface area contributed by atoms with Crippen LogP contribution < -0.4 is 5.32 Å². The maximum Gasteiger partial charge on any atom is 0.220 e. The van der Waals surface area contributed by atoms with Crippen molar-refractivity contribution >= 4 is 5.91 Å². The largest absolute Gasteiger partial charge is 0.394 e. The molecule has 19 heteroatoms. The summed E-state index contributed by atoms with van der Waals surface area (Å²) in [6, 6.07) is -1.00. The second-order valence-electron chi connectivity index (χ2n) is 29.9. The van der Waals surface area contributed by atoms with Crippen LogP contribution in [0, 0.1) is 0 Å². The maximum absolute atomic E-state index is 13.5. The van der Waals surface area contributed by atoms with Crippen LogP contribution in [0.3, 0.4) is 0 Å². The Hall–Kier alpha value is -3.55. The van der Waals surface area contributed by atoms with Crippen LogP contribution in [0.2, 0.25) is 0 Å². The van der Waals surface area contributed by atoms with Crippen molar-refractivity contribution in [3.63, 3.8) is 0 Å². The van der Waals surface area contributed by atoms with Crippen LogP contribution in [-0.2, 0) is 33.2 Å². The van der Waals surface area contributed by atoms with E-state index >= 15 is 0 Å². The maximum atomic E-state index is 13.5. The Balaban J connectivity index is 1.35. The molecule has 3 heterocycles. The van der Waals surface area contributed by atoms with Crippen LogP contribution in [-0.4, -0.2) is 193 Å². The molecule has 0 aliphatic carbocycles. The summed E-state index contributed by atoms with van der Waals surface area (Å²) >= 11 is 0. The van der Waals surface area contributed by atoms with Crippen LogP contribution in [0.25, 0.3) is 0 Å². The van der Waals surface area contributed by atoms with Gasteiger partial charge in [0.1, 0.15) is 73.2 Å². The molecule has 17 unspecified atom stereocenters. The molecule has 3 saturated heterocycles. The van der Waals surface area contributed by atoms with E-state index in [-0.39, 0.29) is 18.9 Å². The molecule has 0 spiro atoms. The minimum Gasteiger partial charge on any atom is -0.394 e. The number of aliphatic hydroxyl groups is 11. The fourth-order valence-corrected chi connectivity index (χ4v) is 13.8. The molecule has 3 fully saturated rings. The van der Waals surface area contributed by atoms with Crippen LogP contribution in [0.5, 0.6) is 0 Å². The molecule has 0 aromatic heterocycles. The fourth-order valence-electron chi connectivity index (χ4n) is 13.8. The van der Waals surface area contributed by atoms with E-state index in [0.29, 0.717) is 12.8 Å². The third-order valence-electron chi connectivity index (χ3n) is 20.5. The van der Waals surface area contributed by atoms with Crippen molar-refractivity contribution in [2.24, 2.45) is 0 Å². The lowest BCUT2D eigenvalue weighted by Gasteiger charge is -2.48. The van der Waals surface area contributed by atoms with Crippen molar-refractivity contribution in [3.05, 3.63) is 109 Å². The van der Waals surface area contributed by atoms with Gasteiger partial charge in [-0.05, 0) is 96.3 Å². The van der Waals surface area contributed by atoms with Gasteiger partial charge in [0.05, 0.1) is 38.6 Å². The molecule has 0 aromatic rings. The Labute approximate surface area is 646 Å². The van der Waals surface area contributed by atoms with Crippen LogP contribution in [0.4, 0.5) is 0 Å². The number of allylic oxidation sites excluding steroid dienone is 17. The molecule has 0 radical (unpaired) electrons. The van der Waals surface area contributed by atoms with E-state index < -0.39 is 124 Å². The van der Waals surface area contributed by atoms with Gasteiger partial charge in [-0.1, -0.05) is 316 Å². The molecule has 3 aliphatic heterocycles. The van der Waals surface area contributed by atoms with Crippen molar-refractivity contribution in [2.45, 2.75) is 413 Å². The average molecular weight is 1510 g/mol. The zero-order valence-corrected chi connectivity index (χ0v) is 66.3. The smallest absolute Gasteiger partial charge is 0.220 e. The number of rotatable bonds is 67. The number of ether oxygens (including phenoxy) is 6. The first-order chi connectivity index (χ1) is 52.3. The van der Waals surface area contributed by atoms with Gasteiger partial charge in [-0.25, -0.2) is 0 Å². The number of carbonyl (C=O) groups excluding carboxylic acids is 1. The van der Waals surface area contributed by atoms with Gasteiger partial charge in [0, 0.05) is 6.42 Å². The van der Waals surface area contributed by atoms with E-state index in [0.717, 1.165) is 83.5 Å². The van der Waals surface area contributed by atoms with Gasteiger partial charge in [-0.15, -0.1) is 0 Å². The predicted octanol–water partition coefficient (Wildman–Crippen LogP) is 15.3. The van der Waals surface area contributed by atoms with Gasteiger partial charge < -0.3 is 89.9 Å². The molecular weight excluding hydrogens is 1360 g/mol. The highest BCUT2D eigenvalue weighted by Gasteiger charge is 2.54. The summed E-state index contributed by atoms with van der Waals surface area (Å²) in [6.07, 6.45) is 66.6. The SMILES string of the molecule is CC/C=C\C/C=C\C/C=C\C/C=C\C/C=C\C/C=C\CCCCCCCCCCCCCCCCCCCCC(=O)NC(COC1OC(CO)C(OC2OC(CO)C(OC3OC(CO)C(O)C(O)C3O)C(O)C2O)C(O)C1O)C(O)/C=C/CC/C=C/CC/C=C/CCCCCCCCCCCCCCCCC. The molecule has 0 bridgehead atoms. The van der Waals surface area contributed by atoms with Crippen molar-refractivity contribution < 1.29 is 89.4 Å². The third-order valence-corrected chi connectivity index (χ3v) is 20.5. The zero-order chi connectivity index (χ0) is 77.4. The summed E-state index contributed by atoms with van der Waals surface area (Å²) in [5, 5.41) is 121. The molecule has 0 aromatic carbocycles.